The average Bonchev–Trinajstić information content (AvgIpc) is 2.61. The lowest BCUT2D eigenvalue weighted by Crippen LogP contribution is -2.24. The average molecular weight is 205 g/mol. The van der Waals surface area contributed by atoms with Crippen LogP contribution in [0.1, 0.15) is 11.1 Å². The smallest absolute Gasteiger partial charge is 0.231 e. The molecule has 15 heavy (non-hydrogen) atoms. The number of fused-ring (bicyclic) bond motifs is 3. The molecule has 0 fully saturated rings. The van der Waals surface area contributed by atoms with Gasteiger partial charge in [0.25, 0.3) is 0 Å². The molecule has 0 aliphatic carbocycles. The quantitative estimate of drug-likeness (QED) is 0.675. The van der Waals surface area contributed by atoms with Gasteiger partial charge in [-0.1, -0.05) is 6.07 Å². The number of hydrogen-bond acceptors (Lipinski definition) is 3. The van der Waals surface area contributed by atoms with Crippen molar-refractivity contribution in [2.75, 3.05) is 13.3 Å². The molecule has 0 saturated carbocycles. The van der Waals surface area contributed by atoms with Gasteiger partial charge in [0.05, 0.1) is 6.42 Å². The molecule has 1 N–H and O–H groups in total. The predicted octanol–water partition coefficient (Wildman–Crippen LogP) is 0.630. The summed E-state index contributed by atoms with van der Waals surface area (Å²) in [5, 5.41) is 2.85. The van der Waals surface area contributed by atoms with Crippen LogP contribution in [0.2, 0.25) is 0 Å². The van der Waals surface area contributed by atoms with Crippen molar-refractivity contribution >= 4 is 5.91 Å². The molecule has 1 aromatic rings. The second-order valence-corrected chi connectivity index (χ2v) is 3.71. The van der Waals surface area contributed by atoms with Gasteiger partial charge in [-0.25, -0.2) is 0 Å². The molecule has 1 amide bonds. The Labute approximate surface area is 87.2 Å². The molecular weight excluding hydrogens is 194 g/mol. The summed E-state index contributed by atoms with van der Waals surface area (Å²) >= 11 is 0. The van der Waals surface area contributed by atoms with Crippen LogP contribution in [0.15, 0.2) is 12.1 Å². The summed E-state index contributed by atoms with van der Waals surface area (Å²) in [5.41, 5.74) is 2.16. The zero-order valence-corrected chi connectivity index (χ0v) is 8.21. The van der Waals surface area contributed by atoms with E-state index in [2.05, 4.69) is 5.32 Å². The molecule has 1 aromatic carbocycles. The van der Waals surface area contributed by atoms with Crippen LogP contribution in [0, 0.1) is 0 Å². The van der Waals surface area contributed by atoms with Gasteiger partial charge in [0.1, 0.15) is 0 Å². The molecule has 0 spiro atoms. The number of carbonyl (C=O) groups is 1. The second-order valence-electron chi connectivity index (χ2n) is 3.71. The van der Waals surface area contributed by atoms with E-state index in [1.165, 1.54) is 0 Å². The molecule has 3 rings (SSSR count). The highest BCUT2D eigenvalue weighted by Crippen LogP contribution is 2.38. The van der Waals surface area contributed by atoms with E-state index in [1.54, 1.807) is 0 Å². The third-order valence-electron chi connectivity index (χ3n) is 2.79. The minimum atomic E-state index is 0.0765. The van der Waals surface area contributed by atoms with Gasteiger partial charge >= 0.3 is 0 Å². The first-order chi connectivity index (χ1) is 7.34. The number of nitrogens with one attached hydrogen (secondary N) is 1. The second kappa shape index (κ2) is 3.15. The number of ether oxygens (including phenoxy) is 2. The number of rotatable bonds is 0. The molecule has 0 bridgehead atoms. The monoisotopic (exact) mass is 205 g/mol. The molecule has 2 heterocycles. The summed E-state index contributed by atoms with van der Waals surface area (Å²) in [4.78, 5) is 11.4. The number of amides is 1. The van der Waals surface area contributed by atoms with Crippen molar-refractivity contribution in [2.45, 2.75) is 12.8 Å². The summed E-state index contributed by atoms with van der Waals surface area (Å²) in [6.45, 7) is 0.957. The number of benzene rings is 1. The van der Waals surface area contributed by atoms with E-state index >= 15 is 0 Å². The van der Waals surface area contributed by atoms with Crippen LogP contribution in [0.25, 0.3) is 0 Å². The Hall–Kier alpha value is -1.71. The van der Waals surface area contributed by atoms with Crippen LogP contribution in [-0.4, -0.2) is 19.2 Å². The minimum absolute atomic E-state index is 0.0765. The van der Waals surface area contributed by atoms with Crippen LogP contribution in [0.3, 0.4) is 0 Å². The molecule has 2 aliphatic heterocycles. The van der Waals surface area contributed by atoms with Crippen molar-refractivity contribution < 1.29 is 14.3 Å². The standard InChI is InChI=1S/C11H11NO3/c13-10-5-7-1-2-9-11(15-6-14-9)8(7)3-4-12-10/h1-2H,3-6H2,(H,12,13). The number of hydrogen-bond donors (Lipinski definition) is 1. The Morgan fingerprint density at radius 2 is 2.20 bits per heavy atom. The summed E-state index contributed by atoms with van der Waals surface area (Å²) in [5.74, 6) is 1.69. The molecule has 0 saturated heterocycles. The van der Waals surface area contributed by atoms with Gasteiger partial charge in [-0.2, -0.15) is 0 Å². The fourth-order valence-electron chi connectivity index (χ4n) is 2.07. The summed E-state index contributed by atoms with van der Waals surface area (Å²) in [6, 6.07) is 3.83. The first-order valence-electron chi connectivity index (χ1n) is 5.01. The van der Waals surface area contributed by atoms with Gasteiger partial charge in [-0.15, -0.1) is 0 Å². The van der Waals surface area contributed by atoms with Crippen molar-refractivity contribution in [3.05, 3.63) is 23.3 Å². The predicted molar refractivity (Wildman–Crippen MR) is 53.0 cm³/mol. The molecule has 2 aliphatic rings. The lowest BCUT2D eigenvalue weighted by molar-refractivity contribution is -0.120. The van der Waals surface area contributed by atoms with Gasteiger partial charge in [-0.3, -0.25) is 4.79 Å². The molecule has 4 nitrogen and oxygen atoms in total. The van der Waals surface area contributed by atoms with E-state index in [0.717, 1.165) is 29.0 Å². The van der Waals surface area contributed by atoms with E-state index in [1.807, 2.05) is 12.1 Å². The zero-order chi connectivity index (χ0) is 10.3. The minimum Gasteiger partial charge on any atom is -0.454 e. The maximum absolute atomic E-state index is 11.4. The summed E-state index contributed by atoms with van der Waals surface area (Å²) in [6.07, 6.45) is 1.25. The molecule has 0 radical (unpaired) electrons. The number of carbonyl (C=O) groups excluding carboxylic acids is 1. The van der Waals surface area contributed by atoms with Gasteiger partial charge in [-0.05, 0) is 18.1 Å². The van der Waals surface area contributed by atoms with Gasteiger partial charge in [0, 0.05) is 12.1 Å². The Balaban J connectivity index is 2.11. The third-order valence-corrected chi connectivity index (χ3v) is 2.79. The maximum Gasteiger partial charge on any atom is 0.231 e. The van der Waals surface area contributed by atoms with Crippen LogP contribution in [-0.2, 0) is 17.6 Å². The fraction of sp³-hybridized carbons (Fsp3) is 0.364. The lowest BCUT2D eigenvalue weighted by atomic mass is 10.0. The molecule has 4 heteroatoms. The van der Waals surface area contributed by atoms with E-state index < -0.39 is 0 Å². The highest BCUT2D eigenvalue weighted by molar-refractivity contribution is 5.80. The van der Waals surface area contributed by atoms with Crippen LogP contribution in [0.4, 0.5) is 0 Å². The molecule has 78 valence electrons. The first-order valence-corrected chi connectivity index (χ1v) is 5.01. The van der Waals surface area contributed by atoms with Gasteiger partial charge in [0.2, 0.25) is 12.7 Å². The van der Waals surface area contributed by atoms with Crippen molar-refractivity contribution in [3.63, 3.8) is 0 Å². The van der Waals surface area contributed by atoms with Gasteiger partial charge in [0.15, 0.2) is 11.5 Å². The van der Waals surface area contributed by atoms with Crippen molar-refractivity contribution in [1.82, 2.24) is 5.32 Å². The van der Waals surface area contributed by atoms with Crippen LogP contribution >= 0.6 is 0 Å². The lowest BCUT2D eigenvalue weighted by Gasteiger charge is -2.07. The van der Waals surface area contributed by atoms with E-state index in [4.69, 9.17) is 9.47 Å². The van der Waals surface area contributed by atoms with E-state index in [-0.39, 0.29) is 12.7 Å². The summed E-state index contributed by atoms with van der Waals surface area (Å²) < 4.78 is 10.7. The first kappa shape index (κ1) is 8.59. The Bertz CT molecular complexity index is 428. The van der Waals surface area contributed by atoms with Gasteiger partial charge < -0.3 is 14.8 Å². The maximum atomic E-state index is 11.4. The van der Waals surface area contributed by atoms with Crippen LogP contribution in [0.5, 0.6) is 11.5 Å². The van der Waals surface area contributed by atoms with Crippen LogP contribution < -0.4 is 14.8 Å². The fourth-order valence-corrected chi connectivity index (χ4v) is 2.07. The van der Waals surface area contributed by atoms with E-state index in [0.29, 0.717) is 13.0 Å². The Morgan fingerprint density at radius 3 is 3.13 bits per heavy atom. The SMILES string of the molecule is O=C1Cc2ccc3c(c2CCN1)OCO3. The summed E-state index contributed by atoms with van der Waals surface area (Å²) in [7, 11) is 0. The van der Waals surface area contributed by atoms with Crippen molar-refractivity contribution in [1.29, 1.82) is 0 Å². The topological polar surface area (TPSA) is 47.6 Å². The molecule has 0 unspecified atom stereocenters. The molecular formula is C11H11NO3. The molecule has 0 atom stereocenters. The third kappa shape index (κ3) is 1.33. The molecule has 0 aromatic heterocycles. The zero-order valence-electron chi connectivity index (χ0n) is 8.21. The Morgan fingerprint density at radius 1 is 1.27 bits per heavy atom. The van der Waals surface area contributed by atoms with Crippen molar-refractivity contribution in [3.8, 4) is 11.5 Å². The van der Waals surface area contributed by atoms with Crippen molar-refractivity contribution in [2.24, 2.45) is 0 Å². The Kier molecular flexibility index (Phi) is 1.80. The normalized spacial score (nSPS) is 18.0. The highest BCUT2D eigenvalue weighted by atomic mass is 16.7. The largest absolute Gasteiger partial charge is 0.454 e. The highest BCUT2D eigenvalue weighted by Gasteiger charge is 2.23. The van der Waals surface area contributed by atoms with E-state index in [9.17, 15) is 4.79 Å².